The van der Waals surface area contributed by atoms with Crippen molar-refractivity contribution in [2.45, 2.75) is 20.3 Å². The van der Waals surface area contributed by atoms with E-state index in [-0.39, 0.29) is 0 Å². The molecule has 1 aliphatic heterocycles. The zero-order valence-corrected chi connectivity index (χ0v) is 16.2. The highest BCUT2D eigenvalue weighted by molar-refractivity contribution is 5.93. The lowest BCUT2D eigenvalue weighted by molar-refractivity contribution is 0.356. The first-order valence-corrected chi connectivity index (χ1v) is 9.36. The Morgan fingerprint density at radius 3 is 2.38 bits per heavy atom. The first-order chi connectivity index (χ1) is 12.7. The Morgan fingerprint density at radius 2 is 1.77 bits per heavy atom. The van der Waals surface area contributed by atoms with E-state index in [0.29, 0.717) is 11.5 Å². The van der Waals surface area contributed by atoms with Crippen molar-refractivity contribution in [1.82, 2.24) is 15.3 Å². The van der Waals surface area contributed by atoms with Gasteiger partial charge >= 0.3 is 0 Å². The van der Waals surface area contributed by atoms with Gasteiger partial charge in [-0.2, -0.15) is 4.98 Å². The van der Waals surface area contributed by atoms with Crippen LogP contribution in [0, 0.1) is 0 Å². The number of piperazine rings is 1. The monoisotopic (exact) mass is 359 g/mol. The minimum Gasteiger partial charge on any atom is -0.493 e. The van der Waals surface area contributed by atoms with E-state index in [1.54, 1.807) is 14.2 Å². The summed E-state index contributed by atoms with van der Waals surface area (Å²) in [7, 11) is 3.31. The molecule has 1 aliphatic rings. The Hall–Kier alpha value is -2.28. The van der Waals surface area contributed by atoms with Crippen molar-refractivity contribution in [1.29, 1.82) is 0 Å². The van der Waals surface area contributed by atoms with Gasteiger partial charge in [0, 0.05) is 50.7 Å². The van der Waals surface area contributed by atoms with Crippen LogP contribution in [0.25, 0.3) is 10.9 Å². The van der Waals surface area contributed by atoms with Crippen LogP contribution in [0.3, 0.4) is 0 Å². The number of fused-ring (bicyclic) bond motifs is 1. The Morgan fingerprint density at radius 1 is 1.08 bits per heavy atom. The van der Waals surface area contributed by atoms with Gasteiger partial charge in [-0.3, -0.25) is 0 Å². The average Bonchev–Trinajstić information content (AvgIpc) is 2.70. The largest absolute Gasteiger partial charge is 0.493 e. The number of methoxy groups -OCH3 is 2. The molecule has 0 atom stereocenters. The second-order valence-electron chi connectivity index (χ2n) is 6.39. The lowest BCUT2D eigenvalue weighted by Crippen LogP contribution is -2.44. The molecule has 0 radical (unpaired) electrons. The van der Waals surface area contributed by atoms with Gasteiger partial charge < -0.3 is 24.6 Å². The summed E-state index contributed by atoms with van der Waals surface area (Å²) in [5.74, 6) is 3.14. The highest BCUT2D eigenvalue weighted by Crippen LogP contribution is 2.36. The van der Waals surface area contributed by atoms with Crippen molar-refractivity contribution in [3.05, 3.63) is 12.1 Å². The molecular weight excluding hydrogens is 330 g/mol. The molecule has 7 nitrogen and oxygen atoms in total. The van der Waals surface area contributed by atoms with Gasteiger partial charge in [0.1, 0.15) is 5.82 Å². The molecule has 0 aliphatic carbocycles. The fraction of sp³-hybridized carbons (Fsp3) is 0.579. The summed E-state index contributed by atoms with van der Waals surface area (Å²) in [5.41, 5.74) is 0.885. The Kier molecular flexibility index (Phi) is 5.98. The van der Waals surface area contributed by atoms with Crippen LogP contribution >= 0.6 is 0 Å². The zero-order valence-electron chi connectivity index (χ0n) is 16.2. The van der Waals surface area contributed by atoms with Gasteiger partial charge in [-0.05, 0) is 19.4 Å². The number of nitrogens with one attached hydrogen (secondary N) is 1. The van der Waals surface area contributed by atoms with Gasteiger partial charge in [0.25, 0.3) is 0 Å². The third-order valence-corrected chi connectivity index (χ3v) is 4.74. The van der Waals surface area contributed by atoms with Crippen molar-refractivity contribution >= 4 is 22.7 Å². The number of rotatable bonds is 7. The lowest BCUT2D eigenvalue weighted by Gasteiger charge is -2.30. The maximum Gasteiger partial charge on any atom is 0.227 e. The quantitative estimate of drug-likeness (QED) is 0.814. The number of aromatic nitrogens is 2. The second-order valence-corrected chi connectivity index (χ2v) is 6.39. The highest BCUT2D eigenvalue weighted by Gasteiger charge is 2.20. The first kappa shape index (κ1) is 18.5. The van der Waals surface area contributed by atoms with Crippen molar-refractivity contribution in [2.75, 3.05) is 63.3 Å². The number of nitrogens with zero attached hydrogens (tertiary/aromatic N) is 4. The summed E-state index contributed by atoms with van der Waals surface area (Å²) in [6.07, 6.45) is 1.07. The summed E-state index contributed by atoms with van der Waals surface area (Å²) in [4.78, 5) is 14.4. The van der Waals surface area contributed by atoms with Crippen LogP contribution in [-0.2, 0) is 0 Å². The summed E-state index contributed by atoms with van der Waals surface area (Å²) in [6, 6.07) is 3.94. The van der Waals surface area contributed by atoms with Crippen molar-refractivity contribution < 1.29 is 9.47 Å². The standard InChI is InChI=1S/C19H29N5O2/c1-5-9-23(6-2)18-14-12-16(25-3)17(26-4)13-15(14)21-19(22-18)24-10-7-20-8-11-24/h12-13,20H,5-11H2,1-4H3. The van der Waals surface area contributed by atoms with E-state index in [4.69, 9.17) is 19.4 Å². The van der Waals surface area contributed by atoms with Crippen LogP contribution < -0.4 is 24.6 Å². The second kappa shape index (κ2) is 8.40. The minimum absolute atomic E-state index is 0.689. The summed E-state index contributed by atoms with van der Waals surface area (Å²) >= 11 is 0. The lowest BCUT2D eigenvalue weighted by atomic mass is 10.2. The van der Waals surface area contributed by atoms with Crippen molar-refractivity contribution in [3.63, 3.8) is 0 Å². The zero-order chi connectivity index (χ0) is 18.5. The molecule has 0 bridgehead atoms. The molecular formula is C19H29N5O2. The maximum atomic E-state index is 5.50. The molecule has 0 unspecified atom stereocenters. The van der Waals surface area contributed by atoms with E-state index in [1.165, 1.54) is 0 Å². The molecule has 3 rings (SSSR count). The molecule has 26 heavy (non-hydrogen) atoms. The molecule has 2 heterocycles. The van der Waals surface area contributed by atoms with Gasteiger partial charge in [-0.15, -0.1) is 0 Å². The Labute approximate surface area is 155 Å². The van der Waals surface area contributed by atoms with E-state index in [0.717, 1.165) is 68.4 Å². The van der Waals surface area contributed by atoms with Crippen LogP contribution in [-0.4, -0.2) is 63.5 Å². The van der Waals surface area contributed by atoms with E-state index < -0.39 is 0 Å². The van der Waals surface area contributed by atoms with Crippen LogP contribution in [0.15, 0.2) is 12.1 Å². The SMILES string of the molecule is CCCN(CC)c1nc(N2CCNCC2)nc2cc(OC)c(OC)cc12. The van der Waals surface area contributed by atoms with Crippen LogP contribution in [0.2, 0.25) is 0 Å². The van der Waals surface area contributed by atoms with E-state index in [2.05, 4.69) is 29.0 Å². The summed E-state index contributed by atoms with van der Waals surface area (Å²) < 4.78 is 11.0. The van der Waals surface area contributed by atoms with E-state index in [1.807, 2.05) is 12.1 Å². The molecule has 1 saturated heterocycles. The average molecular weight is 359 g/mol. The summed E-state index contributed by atoms with van der Waals surface area (Å²) in [6.45, 7) is 9.94. The van der Waals surface area contributed by atoms with Crippen LogP contribution in [0.5, 0.6) is 11.5 Å². The molecule has 1 fully saturated rings. The number of anilines is 2. The molecule has 0 spiro atoms. The van der Waals surface area contributed by atoms with Crippen LogP contribution in [0.1, 0.15) is 20.3 Å². The molecule has 1 N–H and O–H groups in total. The molecule has 1 aromatic heterocycles. The third-order valence-electron chi connectivity index (χ3n) is 4.74. The van der Waals surface area contributed by atoms with Crippen molar-refractivity contribution in [2.24, 2.45) is 0 Å². The van der Waals surface area contributed by atoms with E-state index >= 15 is 0 Å². The molecule has 142 valence electrons. The number of ether oxygens (including phenoxy) is 2. The predicted octanol–water partition coefficient (Wildman–Crippen LogP) is 2.29. The van der Waals surface area contributed by atoms with Gasteiger partial charge in [0.15, 0.2) is 11.5 Å². The molecule has 0 amide bonds. The minimum atomic E-state index is 0.689. The smallest absolute Gasteiger partial charge is 0.227 e. The molecule has 2 aromatic rings. The maximum absolute atomic E-state index is 5.50. The molecule has 0 saturated carbocycles. The predicted molar refractivity (Wildman–Crippen MR) is 106 cm³/mol. The molecule has 7 heteroatoms. The van der Waals surface area contributed by atoms with Gasteiger partial charge in [0.05, 0.1) is 19.7 Å². The first-order valence-electron chi connectivity index (χ1n) is 9.36. The highest BCUT2D eigenvalue weighted by atomic mass is 16.5. The number of benzene rings is 1. The third kappa shape index (κ3) is 3.62. The Balaban J connectivity index is 2.17. The van der Waals surface area contributed by atoms with Gasteiger partial charge in [-0.25, -0.2) is 4.98 Å². The fourth-order valence-electron chi connectivity index (χ4n) is 3.36. The van der Waals surface area contributed by atoms with Crippen molar-refractivity contribution in [3.8, 4) is 11.5 Å². The van der Waals surface area contributed by atoms with Crippen LogP contribution in [0.4, 0.5) is 11.8 Å². The number of hydrogen-bond acceptors (Lipinski definition) is 7. The summed E-state index contributed by atoms with van der Waals surface area (Å²) in [5, 5.41) is 4.38. The molecule has 1 aromatic carbocycles. The van der Waals surface area contributed by atoms with Gasteiger partial charge in [0.2, 0.25) is 5.95 Å². The fourth-order valence-corrected chi connectivity index (χ4v) is 3.36. The number of hydrogen-bond donors (Lipinski definition) is 1. The van der Waals surface area contributed by atoms with E-state index in [9.17, 15) is 0 Å². The topological polar surface area (TPSA) is 62.8 Å². The Bertz CT molecular complexity index is 746. The normalized spacial score (nSPS) is 14.5. The van der Waals surface area contributed by atoms with Gasteiger partial charge in [-0.1, -0.05) is 6.92 Å².